The van der Waals surface area contributed by atoms with Crippen LogP contribution in [0.25, 0.3) is 0 Å². The van der Waals surface area contributed by atoms with Gasteiger partial charge in [0.1, 0.15) is 5.82 Å². The molecule has 3 aromatic carbocycles. The van der Waals surface area contributed by atoms with Crippen LogP contribution in [0.3, 0.4) is 0 Å². The van der Waals surface area contributed by atoms with Crippen molar-refractivity contribution in [2.75, 3.05) is 22.5 Å². The van der Waals surface area contributed by atoms with Crippen LogP contribution in [0.2, 0.25) is 0 Å². The molecule has 0 aliphatic rings. The fourth-order valence-corrected chi connectivity index (χ4v) is 3.30. The van der Waals surface area contributed by atoms with Crippen molar-refractivity contribution in [1.82, 2.24) is 15.3 Å². The average molecular weight is 467 g/mol. The molecule has 4 N–H and O–H groups in total. The summed E-state index contributed by atoms with van der Waals surface area (Å²) in [5, 5.41) is 11.9. The fourth-order valence-electron chi connectivity index (χ4n) is 3.30. The lowest BCUT2D eigenvalue weighted by atomic mass is 10.2. The van der Waals surface area contributed by atoms with E-state index < -0.39 is 0 Å². The molecule has 0 saturated heterocycles. The van der Waals surface area contributed by atoms with E-state index in [4.69, 9.17) is 0 Å². The van der Waals surface area contributed by atoms with Gasteiger partial charge in [0.25, 0.3) is 5.91 Å². The predicted molar refractivity (Wildman–Crippen MR) is 138 cm³/mol. The van der Waals surface area contributed by atoms with Gasteiger partial charge in [0.2, 0.25) is 11.9 Å². The third-order valence-electron chi connectivity index (χ3n) is 5.05. The number of nitrogens with zero attached hydrogens (tertiary/aromatic N) is 2. The minimum atomic E-state index is -0.312. The second-order valence-corrected chi connectivity index (χ2v) is 8.01. The summed E-state index contributed by atoms with van der Waals surface area (Å²) >= 11 is 0. The molecule has 35 heavy (non-hydrogen) atoms. The predicted octanol–water partition coefficient (Wildman–Crippen LogP) is 4.95. The number of anilines is 5. The zero-order valence-electron chi connectivity index (χ0n) is 19.5. The first-order valence-electron chi connectivity index (χ1n) is 11.1. The summed E-state index contributed by atoms with van der Waals surface area (Å²) in [6.45, 7) is 3.82. The Morgan fingerprint density at radius 1 is 0.743 bits per heavy atom. The van der Waals surface area contributed by atoms with Crippen molar-refractivity contribution in [2.24, 2.45) is 0 Å². The van der Waals surface area contributed by atoms with Crippen LogP contribution in [-0.2, 0) is 4.79 Å². The lowest BCUT2D eigenvalue weighted by Gasteiger charge is -2.11. The van der Waals surface area contributed by atoms with Gasteiger partial charge >= 0.3 is 0 Å². The van der Waals surface area contributed by atoms with Gasteiger partial charge in [-0.25, -0.2) is 4.98 Å². The van der Waals surface area contributed by atoms with Crippen LogP contribution in [0.5, 0.6) is 0 Å². The highest BCUT2D eigenvalue weighted by Crippen LogP contribution is 2.21. The zero-order chi connectivity index (χ0) is 24.6. The molecule has 0 saturated carbocycles. The maximum absolute atomic E-state index is 12.2. The molecule has 8 heteroatoms. The highest BCUT2D eigenvalue weighted by atomic mass is 16.2. The SMILES string of the molecule is Cc1ccc(Nc2nc(C)cc(Nc3ccc(NC(=O)CNC(=O)c4ccccc4)cc3)n2)cc1. The minimum Gasteiger partial charge on any atom is -0.343 e. The molecule has 4 aromatic rings. The number of hydrogen-bond acceptors (Lipinski definition) is 6. The second-order valence-electron chi connectivity index (χ2n) is 8.01. The van der Waals surface area contributed by atoms with E-state index in [-0.39, 0.29) is 18.4 Å². The maximum Gasteiger partial charge on any atom is 0.251 e. The first kappa shape index (κ1) is 23.4. The number of amides is 2. The molecule has 0 aliphatic heterocycles. The zero-order valence-corrected chi connectivity index (χ0v) is 19.5. The molecule has 8 nitrogen and oxygen atoms in total. The van der Waals surface area contributed by atoms with E-state index in [1.165, 1.54) is 5.56 Å². The average Bonchev–Trinajstić information content (AvgIpc) is 2.85. The molecular weight excluding hydrogens is 440 g/mol. The van der Waals surface area contributed by atoms with Gasteiger partial charge in [-0.3, -0.25) is 9.59 Å². The molecule has 0 fully saturated rings. The first-order valence-corrected chi connectivity index (χ1v) is 11.1. The van der Waals surface area contributed by atoms with Gasteiger partial charge in [-0.05, 0) is 62.4 Å². The van der Waals surface area contributed by atoms with E-state index in [9.17, 15) is 9.59 Å². The summed E-state index contributed by atoms with van der Waals surface area (Å²) in [6, 6.07) is 25.8. The van der Waals surface area contributed by atoms with Crippen LogP contribution in [-0.4, -0.2) is 28.3 Å². The summed E-state index contributed by atoms with van der Waals surface area (Å²) in [5.74, 6) is 0.537. The third kappa shape index (κ3) is 6.88. The van der Waals surface area contributed by atoms with E-state index >= 15 is 0 Å². The van der Waals surface area contributed by atoms with Gasteiger partial charge in [-0.15, -0.1) is 0 Å². The lowest BCUT2D eigenvalue weighted by Crippen LogP contribution is -2.32. The largest absolute Gasteiger partial charge is 0.343 e. The molecule has 0 aliphatic carbocycles. The van der Waals surface area contributed by atoms with Gasteiger partial charge in [0.05, 0.1) is 6.54 Å². The Labute approximate surface area is 203 Å². The quantitative estimate of drug-likeness (QED) is 0.293. The Morgan fingerprint density at radius 3 is 2.09 bits per heavy atom. The Balaban J connectivity index is 1.32. The molecule has 1 aromatic heterocycles. The number of aryl methyl sites for hydroxylation is 2. The van der Waals surface area contributed by atoms with Crippen LogP contribution in [0.4, 0.5) is 28.8 Å². The van der Waals surface area contributed by atoms with E-state index in [1.807, 2.05) is 62.4 Å². The van der Waals surface area contributed by atoms with Crippen LogP contribution in [0.1, 0.15) is 21.6 Å². The van der Waals surface area contributed by atoms with Crippen LogP contribution in [0.15, 0.2) is 84.9 Å². The Bertz CT molecular complexity index is 1310. The number of rotatable bonds is 8. The number of benzene rings is 3. The molecule has 0 unspecified atom stereocenters. The molecule has 1 heterocycles. The van der Waals surface area contributed by atoms with E-state index in [1.54, 1.807) is 36.4 Å². The van der Waals surface area contributed by atoms with Gasteiger partial charge in [-0.2, -0.15) is 4.98 Å². The lowest BCUT2D eigenvalue weighted by molar-refractivity contribution is -0.115. The Kier molecular flexibility index (Phi) is 7.32. The van der Waals surface area contributed by atoms with Crippen molar-refractivity contribution in [1.29, 1.82) is 0 Å². The minimum absolute atomic E-state index is 0.120. The third-order valence-corrected chi connectivity index (χ3v) is 5.05. The summed E-state index contributed by atoms with van der Waals surface area (Å²) in [7, 11) is 0. The molecule has 0 bridgehead atoms. The first-order chi connectivity index (χ1) is 16.9. The summed E-state index contributed by atoms with van der Waals surface area (Å²) in [4.78, 5) is 33.3. The molecular formula is C27H26N6O2. The van der Waals surface area contributed by atoms with Gasteiger partial charge in [0.15, 0.2) is 0 Å². The van der Waals surface area contributed by atoms with Crippen molar-refractivity contribution in [3.63, 3.8) is 0 Å². The summed E-state index contributed by atoms with van der Waals surface area (Å²) in [5.41, 5.74) is 4.84. The molecule has 2 amide bonds. The number of nitrogens with one attached hydrogen (secondary N) is 4. The topological polar surface area (TPSA) is 108 Å². The van der Waals surface area contributed by atoms with Crippen LogP contribution in [0, 0.1) is 13.8 Å². The number of aromatic nitrogens is 2. The van der Waals surface area contributed by atoms with Gasteiger partial charge in [0, 0.05) is 34.4 Å². The van der Waals surface area contributed by atoms with Gasteiger partial charge < -0.3 is 21.3 Å². The molecule has 176 valence electrons. The smallest absolute Gasteiger partial charge is 0.251 e. The van der Waals surface area contributed by atoms with Crippen LogP contribution < -0.4 is 21.3 Å². The monoisotopic (exact) mass is 466 g/mol. The maximum atomic E-state index is 12.2. The normalized spacial score (nSPS) is 10.3. The standard InChI is InChI=1S/C27H26N6O2/c1-18-8-10-23(11-9-18)32-27-29-19(2)16-24(33-27)30-21-12-14-22(15-13-21)31-25(34)17-28-26(35)20-6-4-3-5-7-20/h3-16H,17H2,1-2H3,(H,28,35)(H,31,34)(H2,29,30,32,33). The summed E-state index contributed by atoms with van der Waals surface area (Å²) < 4.78 is 0. The van der Waals surface area contributed by atoms with E-state index in [0.29, 0.717) is 23.0 Å². The highest BCUT2D eigenvalue weighted by Gasteiger charge is 2.08. The van der Waals surface area contributed by atoms with Crippen molar-refractivity contribution < 1.29 is 9.59 Å². The molecule has 4 rings (SSSR count). The number of hydrogen-bond donors (Lipinski definition) is 4. The summed E-state index contributed by atoms with van der Waals surface area (Å²) in [6.07, 6.45) is 0. The number of carbonyl (C=O) groups excluding carboxylic acids is 2. The number of carbonyl (C=O) groups is 2. The Hall–Kier alpha value is -4.72. The molecule has 0 atom stereocenters. The van der Waals surface area contributed by atoms with Gasteiger partial charge in [-0.1, -0.05) is 35.9 Å². The Morgan fingerprint density at radius 2 is 1.37 bits per heavy atom. The van der Waals surface area contributed by atoms with Crippen molar-refractivity contribution in [3.05, 3.63) is 102 Å². The van der Waals surface area contributed by atoms with Crippen molar-refractivity contribution in [2.45, 2.75) is 13.8 Å². The van der Waals surface area contributed by atoms with E-state index in [2.05, 4.69) is 31.2 Å². The van der Waals surface area contributed by atoms with Crippen molar-refractivity contribution >= 4 is 40.6 Å². The highest BCUT2D eigenvalue weighted by molar-refractivity contribution is 5.99. The molecule has 0 spiro atoms. The fraction of sp³-hybridized carbons (Fsp3) is 0.111. The van der Waals surface area contributed by atoms with Crippen molar-refractivity contribution in [3.8, 4) is 0 Å². The molecule has 0 radical (unpaired) electrons. The van der Waals surface area contributed by atoms with E-state index in [0.717, 1.165) is 17.1 Å². The van der Waals surface area contributed by atoms with Crippen LogP contribution >= 0.6 is 0 Å². The second kappa shape index (κ2) is 10.9.